The molecule has 5 heterocycles. The molecular weight excluding hydrogens is 1300 g/mol. The number of aromatic nitrogens is 2. The Kier molecular flexibility index (Phi) is 25.0. The van der Waals surface area contributed by atoms with Gasteiger partial charge >= 0.3 is 6.01 Å². The lowest BCUT2D eigenvalue weighted by atomic mass is 9.62. The number of nitriles is 2. The molecule has 4 aliphatic rings. The molecule has 0 spiro atoms. The van der Waals surface area contributed by atoms with Gasteiger partial charge in [-0.05, 0) is 91.2 Å². The molecule has 21 nitrogen and oxygen atoms in total. The van der Waals surface area contributed by atoms with E-state index in [0.717, 1.165) is 54.8 Å². The molecule has 4 aliphatic heterocycles. The van der Waals surface area contributed by atoms with Crippen molar-refractivity contribution in [1.82, 2.24) is 30.4 Å². The van der Waals surface area contributed by atoms with E-state index in [0.29, 0.717) is 85.0 Å². The van der Waals surface area contributed by atoms with E-state index in [1.54, 1.807) is 4.90 Å². The highest BCUT2D eigenvalue weighted by atomic mass is 35.5. The van der Waals surface area contributed by atoms with Gasteiger partial charge in [0.2, 0.25) is 11.8 Å². The number of likely N-dealkylation sites (N-methyl/N-ethyl adjacent to an activating group) is 1. The molecule has 98 heavy (non-hydrogen) atoms. The molecule has 10 rings (SSSR count). The predicted molar refractivity (Wildman–Crippen MR) is 370 cm³/mol. The van der Waals surface area contributed by atoms with Gasteiger partial charge in [-0.1, -0.05) is 105 Å². The van der Waals surface area contributed by atoms with Gasteiger partial charge in [0.05, 0.1) is 126 Å². The Balaban J connectivity index is 0.612. The molecule has 3 amide bonds. The number of piperazine rings is 1. The van der Waals surface area contributed by atoms with Crippen LogP contribution < -0.4 is 35.2 Å². The Morgan fingerprint density at radius 1 is 0.837 bits per heavy atom. The normalized spacial score (nSPS) is 20.9. The number of methoxy groups -OCH3 is 1. The molecular formula is C73H85Cl2F2N11O10. The second-order valence-electron chi connectivity index (χ2n) is 26.1. The molecule has 0 unspecified atom stereocenters. The molecule has 25 heteroatoms. The highest BCUT2D eigenvalue weighted by Crippen LogP contribution is 2.53. The molecule has 3 N–H and O–H groups in total. The number of carbonyl (C=O) groups excluding carboxylic acids is 3. The Morgan fingerprint density at radius 3 is 2.28 bits per heavy atom. The number of rotatable bonds is 30. The van der Waals surface area contributed by atoms with Crippen molar-refractivity contribution in [1.29, 1.82) is 10.5 Å². The summed E-state index contributed by atoms with van der Waals surface area (Å²) in [5, 5.41) is 32.2. The number of ether oxygens (including phenoxy) is 7. The highest BCUT2D eigenvalue weighted by Gasteiger charge is 2.61. The van der Waals surface area contributed by atoms with Crippen molar-refractivity contribution in [2.75, 3.05) is 135 Å². The number of nitrogens with zero attached hydrogens (tertiary/aromatic N) is 8. The zero-order chi connectivity index (χ0) is 69.5. The summed E-state index contributed by atoms with van der Waals surface area (Å²) in [7, 11) is 3.44. The molecule has 3 fully saturated rings. The maximum Gasteiger partial charge on any atom is 0.318 e. The average molecular weight is 1390 g/mol. The molecule has 520 valence electrons. The van der Waals surface area contributed by atoms with Crippen LogP contribution >= 0.6 is 23.2 Å². The average Bonchev–Trinajstić information content (AvgIpc) is 1.55. The standard InChI is InChI=1S/C73H85Cl2F2N11O10/c1-7-64(89)88-28-27-87(42-50(88)22-24-78)68-54-23-26-86(61-17-10-13-47-12-8-9-14-53(47)61)44-60(54)82-71(84-68)98-45-51-40-52(43-85(51)5)97-37-36-96-35-34-95-33-32-94-31-30-93-29-25-80-69(90)48-18-21-59(62(38-48)92-6)81-70(91)67-65(55-15-11-16-57(75)66(55)77)73(46-79,63(83-67)41-72(2,3)4)56-20-19-49(74)39-58(56)76/h7-21,38-39,50-52,63,65,67,83H,1,22-23,25-37,40-45H2,2-6H3,(H,80,90)(H,81,91)/t50-,51-,52+,63-,65-,67+,73-/m0/s1. The van der Waals surface area contributed by atoms with Crippen LogP contribution in [0.3, 0.4) is 0 Å². The summed E-state index contributed by atoms with van der Waals surface area (Å²) in [4.78, 5) is 59.3. The van der Waals surface area contributed by atoms with Crippen LogP contribution in [0.25, 0.3) is 10.8 Å². The molecule has 0 saturated carbocycles. The second-order valence-corrected chi connectivity index (χ2v) is 26.9. The number of anilines is 3. The molecule has 0 bridgehead atoms. The fourth-order valence-electron chi connectivity index (χ4n) is 13.7. The first kappa shape index (κ1) is 72.7. The van der Waals surface area contributed by atoms with Gasteiger partial charge in [-0.25, -0.2) is 8.78 Å². The van der Waals surface area contributed by atoms with E-state index >= 15 is 8.78 Å². The van der Waals surface area contributed by atoms with E-state index in [2.05, 4.69) is 98.9 Å². The first-order chi connectivity index (χ1) is 47.3. The van der Waals surface area contributed by atoms with Crippen molar-refractivity contribution in [3.05, 3.63) is 159 Å². The summed E-state index contributed by atoms with van der Waals surface area (Å²) >= 11 is 12.5. The number of hydrogen-bond acceptors (Lipinski definition) is 18. The lowest BCUT2D eigenvalue weighted by Gasteiger charge is -2.42. The zero-order valence-electron chi connectivity index (χ0n) is 56.0. The number of fused-ring (bicyclic) bond motifs is 2. The van der Waals surface area contributed by atoms with E-state index in [9.17, 15) is 24.9 Å². The lowest BCUT2D eigenvalue weighted by molar-refractivity contribution is -0.128. The maximum absolute atomic E-state index is 16.2. The van der Waals surface area contributed by atoms with Crippen molar-refractivity contribution in [3.8, 4) is 23.9 Å². The first-order valence-electron chi connectivity index (χ1n) is 33.1. The minimum Gasteiger partial charge on any atom is -0.495 e. The summed E-state index contributed by atoms with van der Waals surface area (Å²) in [5.74, 6) is -3.24. The number of likely N-dealkylation sites (tertiary alicyclic amines) is 1. The summed E-state index contributed by atoms with van der Waals surface area (Å²) in [6.07, 6.45) is 3.26. The minimum absolute atomic E-state index is 0.0104. The van der Waals surface area contributed by atoms with Crippen molar-refractivity contribution in [2.24, 2.45) is 5.41 Å². The quantitative estimate of drug-likeness (QED) is 0.0281. The lowest BCUT2D eigenvalue weighted by Crippen LogP contribution is -2.55. The Bertz CT molecular complexity index is 3890. The van der Waals surface area contributed by atoms with Crippen LogP contribution in [-0.2, 0) is 51.7 Å². The molecule has 1 aromatic heterocycles. The van der Waals surface area contributed by atoms with Crippen LogP contribution in [-0.4, -0.2) is 187 Å². The van der Waals surface area contributed by atoms with E-state index in [1.165, 1.54) is 72.5 Å². The van der Waals surface area contributed by atoms with Gasteiger partial charge in [0.1, 0.15) is 35.2 Å². The molecule has 0 radical (unpaired) electrons. The van der Waals surface area contributed by atoms with Crippen LogP contribution in [0.4, 0.5) is 26.0 Å². The van der Waals surface area contributed by atoms with Crippen molar-refractivity contribution in [3.63, 3.8) is 0 Å². The van der Waals surface area contributed by atoms with Crippen LogP contribution in [0, 0.1) is 39.7 Å². The monoisotopic (exact) mass is 1380 g/mol. The predicted octanol–water partition coefficient (Wildman–Crippen LogP) is 9.83. The Hall–Kier alpha value is -8.07. The highest BCUT2D eigenvalue weighted by molar-refractivity contribution is 6.31. The van der Waals surface area contributed by atoms with E-state index < -0.39 is 52.3 Å². The number of carbonyl (C=O) groups is 3. The van der Waals surface area contributed by atoms with Crippen LogP contribution in [0.15, 0.2) is 110 Å². The van der Waals surface area contributed by atoms with Crippen LogP contribution in [0.1, 0.15) is 78.7 Å². The molecule has 3 saturated heterocycles. The Labute approximate surface area is 581 Å². The number of hydrogen-bond donors (Lipinski definition) is 3. The summed E-state index contributed by atoms with van der Waals surface area (Å²) < 4.78 is 73.5. The fraction of sp³-hybridized carbons (Fsp3) is 0.466. The topological polar surface area (TPSA) is 238 Å². The summed E-state index contributed by atoms with van der Waals surface area (Å²) in [6, 6.07) is 30.0. The van der Waals surface area contributed by atoms with Gasteiger partial charge in [0.25, 0.3) is 5.91 Å². The van der Waals surface area contributed by atoms with Gasteiger partial charge in [0, 0.05) is 90.1 Å². The Morgan fingerprint density at radius 2 is 1.56 bits per heavy atom. The number of halogens is 4. The van der Waals surface area contributed by atoms with E-state index in [1.807, 2.05) is 20.8 Å². The smallest absolute Gasteiger partial charge is 0.318 e. The molecule has 5 aromatic carbocycles. The summed E-state index contributed by atoms with van der Waals surface area (Å²) in [6.45, 7) is 16.8. The largest absolute Gasteiger partial charge is 0.495 e. The number of nitrogens with one attached hydrogen (secondary N) is 3. The molecule has 0 aliphatic carbocycles. The van der Waals surface area contributed by atoms with Gasteiger partial charge < -0.3 is 63.8 Å². The fourth-order valence-corrected chi connectivity index (χ4v) is 14.1. The maximum atomic E-state index is 16.2. The molecule has 6 aromatic rings. The van der Waals surface area contributed by atoms with Gasteiger partial charge in [-0.2, -0.15) is 20.5 Å². The summed E-state index contributed by atoms with van der Waals surface area (Å²) in [5.41, 5.74) is 1.17. The first-order valence-corrected chi connectivity index (χ1v) is 33.9. The third-order valence-corrected chi connectivity index (χ3v) is 19.0. The van der Waals surface area contributed by atoms with E-state index in [4.69, 9.17) is 66.3 Å². The van der Waals surface area contributed by atoms with Crippen LogP contribution in [0.2, 0.25) is 10.0 Å². The minimum atomic E-state index is -1.82. The zero-order valence-corrected chi connectivity index (χ0v) is 57.5. The third kappa shape index (κ3) is 17.3. The molecule has 7 atom stereocenters. The van der Waals surface area contributed by atoms with Gasteiger partial charge in [0.15, 0.2) is 0 Å². The van der Waals surface area contributed by atoms with Crippen molar-refractivity contribution < 1.29 is 56.3 Å². The van der Waals surface area contributed by atoms with Crippen LogP contribution in [0.5, 0.6) is 11.8 Å². The third-order valence-electron chi connectivity index (χ3n) is 18.4. The number of benzene rings is 5. The van der Waals surface area contributed by atoms with Crippen molar-refractivity contribution >= 4 is 68.9 Å². The SMILES string of the molecule is C=CC(=O)N1CCN(c2nc(OC[C@@H]3C[C@@H](OCCOCCOCCOCCOCCNC(=O)c4ccc(NC(=O)[C@@H]5N[C@@H](CC(C)(C)C)[C@](C#N)(c6ccc(Cl)cc6F)[C@H]5c5cccc(Cl)c5F)c(OC)c4)CN3C)nc3c2CCN(c2cccc4ccccc24)C3)C[C@@H]1CC#N. The van der Waals surface area contributed by atoms with E-state index in [-0.39, 0.29) is 94.9 Å². The second kappa shape index (κ2) is 33.7. The number of amides is 3. The van der Waals surface area contributed by atoms with Gasteiger partial charge in [-0.3, -0.25) is 19.3 Å². The van der Waals surface area contributed by atoms with Crippen molar-refractivity contribution in [2.45, 2.75) is 94.6 Å². The van der Waals surface area contributed by atoms with Gasteiger partial charge in [-0.15, -0.1) is 0 Å².